The molecule has 7 heteroatoms. The summed E-state index contributed by atoms with van der Waals surface area (Å²) >= 11 is 0. The van der Waals surface area contributed by atoms with E-state index >= 15 is 0 Å². The lowest BCUT2D eigenvalue weighted by molar-refractivity contribution is -0.141. The minimum Gasteiger partial charge on any atom is -0.336 e. The van der Waals surface area contributed by atoms with Crippen LogP contribution < -0.4 is 0 Å². The first-order valence-electron chi connectivity index (χ1n) is 10.1. The highest BCUT2D eigenvalue weighted by atomic mass is 16.2. The molecule has 0 aromatic carbocycles. The zero-order valence-corrected chi connectivity index (χ0v) is 15.7. The number of allylic oxidation sites excluding steroid dienone is 2. The molecule has 4 unspecified atom stereocenters. The Balaban J connectivity index is 1.14. The second kappa shape index (κ2) is 6.81. The molecular formula is C21H24N4O3. The van der Waals surface area contributed by atoms with Gasteiger partial charge < -0.3 is 4.90 Å². The van der Waals surface area contributed by atoms with E-state index in [4.69, 9.17) is 0 Å². The summed E-state index contributed by atoms with van der Waals surface area (Å²) in [5, 5.41) is 0. The lowest BCUT2D eigenvalue weighted by Crippen LogP contribution is -2.50. The Morgan fingerprint density at radius 2 is 1.68 bits per heavy atom. The lowest BCUT2D eigenvalue weighted by Gasteiger charge is -2.35. The Hall–Kier alpha value is -2.54. The molecule has 28 heavy (non-hydrogen) atoms. The van der Waals surface area contributed by atoms with Crippen LogP contribution in [0.2, 0.25) is 0 Å². The van der Waals surface area contributed by atoms with Gasteiger partial charge in [0.15, 0.2) is 0 Å². The van der Waals surface area contributed by atoms with Gasteiger partial charge in [-0.15, -0.1) is 0 Å². The van der Waals surface area contributed by atoms with Crippen LogP contribution >= 0.6 is 0 Å². The molecule has 3 fully saturated rings. The van der Waals surface area contributed by atoms with Gasteiger partial charge in [-0.3, -0.25) is 29.2 Å². The van der Waals surface area contributed by atoms with E-state index in [0.29, 0.717) is 31.7 Å². The topological polar surface area (TPSA) is 73.8 Å². The molecular weight excluding hydrogens is 356 g/mol. The van der Waals surface area contributed by atoms with Gasteiger partial charge >= 0.3 is 0 Å². The molecule has 2 bridgehead atoms. The Morgan fingerprint density at radius 1 is 1.00 bits per heavy atom. The van der Waals surface area contributed by atoms with Crippen molar-refractivity contribution in [3.63, 3.8) is 0 Å². The number of pyridine rings is 1. The zero-order valence-electron chi connectivity index (χ0n) is 15.7. The van der Waals surface area contributed by atoms with Crippen LogP contribution in [0.3, 0.4) is 0 Å². The SMILES string of the molecule is O=C(c1cccnc1)N1CCN(CCN2C(=O)C3C4C=CC(C4)C3C2=O)CC1. The first-order valence-corrected chi connectivity index (χ1v) is 10.1. The summed E-state index contributed by atoms with van der Waals surface area (Å²) in [6.45, 7) is 3.93. The number of amides is 3. The molecule has 2 aliphatic carbocycles. The maximum atomic E-state index is 12.8. The Labute approximate surface area is 164 Å². The molecule has 0 spiro atoms. The smallest absolute Gasteiger partial charge is 0.255 e. The normalized spacial score (nSPS) is 31.7. The van der Waals surface area contributed by atoms with Crippen molar-refractivity contribution >= 4 is 17.7 Å². The van der Waals surface area contributed by atoms with Crippen molar-refractivity contribution in [1.29, 1.82) is 0 Å². The van der Waals surface area contributed by atoms with Crippen molar-refractivity contribution in [2.45, 2.75) is 6.42 Å². The van der Waals surface area contributed by atoms with Crippen molar-refractivity contribution in [1.82, 2.24) is 19.7 Å². The fourth-order valence-corrected chi connectivity index (χ4v) is 5.27. The molecule has 4 atom stereocenters. The van der Waals surface area contributed by atoms with E-state index in [1.807, 2.05) is 4.90 Å². The van der Waals surface area contributed by atoms with Crippen molar-refractivity contribution in [3.8, 4) is 0 Å². The number of aromatic nitrogens is 1. The highest BCUT2D eigenvalue weighted by Gasteiger charge is 2.59. The number of likely N-dealkylation sites (tertiary alicyclic amines) is 1. The third-order valence-corrected chi connectivity index (χ3v) is 6.77. The standard InChI is InChI=1S/C21H24N4O3/c26-19(16-2-1-5-22-13-16)24-9-6-23(7-10-24)8-11-25-20(27)17-14-3-4-15(12-14)18(17)21(25)28/h1-5,13-15,17-18H,6-12H2. The molecule has 2 saturated heterocycles. The Bertz CT molecular complexity index is 801. The van der Waals surface area contributed by atoms with Crippen molar-refractivity contribution in [2.24, 2.45) is 23.7 Å². The summed E-state index contributed by atoms with van der Waals surface area (Å²) in [4.78, 5) is 47.6. The van der Waals surface area contributed by atoms with Crippen LogP contribution in [-0.2, 0) is 9.59 Å². The molecule has 5 rings (SSSR count). The van der Waals surface area contributed by atoms with E-state index < -0.39 is 0 Å². The van der Waals surface area contributed by atoms with Crippen LogP contribution in [0.15, 0.2) is 36.7 Å². The van der Waals surface area contributed by atoms with E-state index in [9.17, 15) is 14.4 Å². The maximum absolute atomic E-state index is 12.8. The average molecular weight is 380 g/mol. The molecule has 3 amide bonds. The van der Waals surface area contributed by atoms with Gasteiger partial charge in [-0.2, -0.15) is 0 Å². The monoisotopic (exact) mass is 380 g/mol. The van der Waals surface area contributed by atoms with Crippen LogP contribution in [0, 0.1) is 23.7 Å². The van der Waals surface area contributed by atoms with E-state index in [1.54, 1.807) is 24.5 Å². The first-order chi connectivity index (χ1) is 13.6. The number of hydrogen-bond donors (Lipinski definition) is 0. The summed E-state index contributed by atoms with van der Waals surface area (Å²) < 4.78 is 0. The van der Waals surface area contributed by atoms with Gasteiger partial charge in [-0.05, 0) is 30.4 Å². The van der Waals surface area contributed by atoms with Gasteiger partial charge in [0.1, 0.15) is 0 Å². The van der Waals surface area contributed by atoms with E-state index in [1.165, 1.54) is 4.90 Å². The minimum atomic E-state index is -0.114. The van der Waals surface area contributed by atoms with E-state index in [2.05, 4.69) is 22.0 Å². The molecule has 7 nitrogen and oxygen atoms in total. The second-order valence-electron chi connectivity index (χ2n) is 8.20. The fourth-order valence-electron chi connectivity index (χ4n) is 5.27. The van der Waals surface area contributed by atoms with Crippen molar-refractivity contribution < 1.29 is 14.4 Å². The van der Waals surface area contributed by atoms with Gasteiger partial charge in [0.2, 0.25) is 11.8 Å². The average Bonchev–Trinajstić information content (AvgIpc) is 3.41. The number of rotatable bonds is 4. The van der Waals surface area contributed by atoms with Gasteiger partial charge in [0.05, 0.1) is 17.4 Å². The fraction of sp³-hybridized carbons (Fsp3) is 0.524. The molecule has 2 aliphatic heterocycles. The molecule has 3 heterocycles. The highest BCUT2D eigenvalue weighted by Crippen LogP contribution is 2.52. The number of imide groups is 1. The van der Waals surface area contributed by atoms with Crippen molar-refractivity contribution in [2.75, 3.05) is 39.3 Å². The molecule has 1 aromatic heterocycles. The third kappa shape index (κ3) is 2.76. The van der Waals surface area contributed by atoms with Crippen LogP contribution in [0.5, 0.6) is 0 Å². The highest BCUT2D eigenvalue weighted by molar-refractivity contribution is 6.06. The molecule has 0 radical (unpaired) electrons. The number of piperazine rings is 1. The third-order valence-electron chi connectivity index (χ3n) is 6.77. The molecule has 1 saturated carbocycles. The Kier molecular flexibility index (Phi) is 4.27. The van der Waals surface area contributed by atoms with E-state index in [0.717, 1.165) is 19.5 Å². The van der Waals surface area contributed by atoms with Crippen LogP contribution in [-0.4, -0.2) is 76.7 Å². The van der Waals surface area contributed by atoms with E-state index in [-0.39, 0.29) is 41.4 Å². The maximum Gasteiger partial charge on any atom is 0.255 e. The number of fused-ring (bicyclic) bond motifs is 5. The van der Waals surface area contributed by atoms with Crippen molar-refractivity contribution in [3.05, 3.63) is 42.2 Å². The molecule has 1 aromatic rings. The predicted octanol–water partition coefficient (Wildman–Crippen LogP) is 0.647. The quantitative estimate of drug-likeness (QED) is 0.566. The number of carbonyl (C=O) groups excluding carboxylic acids is 3. The second-order valence-corrected chi connectivity index (χ2v) is 8.20. The first kappa shape index (κ1) is 17.6. The van der Waals surface area contributed by atoms with Crippen LogP contribution in [0.1, 0.15) is 16.8 Å². The zero-order chi connectivity index (χ0) is 19.3. The molecule has 4 aliphatic rings. The minimum absolute atomic E-state index is 0.00782. The van der Waals surface area contributed by atoms with Gasteiger partial charge in [0.25, 0.3) is 5.91 Å². The molecule has 0 N–H and O–H groups in total. The number of nitrogens with zero attached hydrogens (tertiary/aromatic N) is 4. The number of carbonyl (C=O) groups is 3. The predicted molar refractivity (Wildman–Crippen MR) is 101 cm³/mol. The summed E-state index contributed by atoms with van der Waals surface area (Å²) in [6, 6.07) is 3.55. The van der Waals surface area contributed by atoms with Crippen LogP contribution in [0.4, 0.5) is 0 Å². The van der Waals surface area contributed by atoms with Crippen LogP contribution in [0.25, 0.3) is 0 Å². The van der Waals surface area contributed by atoms with Gasteiger partial charge in [-0.1, -0.05) is 12.2 Å². The summed E-state index contributed by atoms with van der Waals surface area (Å²) in [5.41, 5.74) is 0.610. The Morgan fingerprint density at radius 3 is 2.29 bits per heavy atom. The summed E-state index contributed by atoms with van der Waals surface area (Å²) in [5.74, 6) is 0.354. The largest absolute Gasteiger partial charge is 0.336 e. The van der Waals surface area contributed by atoms with Gasteiger partial charge in [-0.25, -0.2) is 0 Å². The molecule has 146 valence electrons. The summed E-state index contributed by atoms with van der Waals surface area (Å²) in [7, 11) is 0. The number of hydrogen-bond acceptors (Lipinski definition) is 5. The lowest BCUT2D eigenvalue weighted by atomic mass is 9.85. The summed E-state index contributed by atoms with van der Waals surface area (Å²) in [6.07, 6.45) is 8.47. The van der Waals surface area contributed by atoms with Gasteiger partial charge in [0, 0.05) is 51.7 Å².